The first-order valence-corrected chi connectivity index (χ1v) is 10.8. The molecule has 0 bridgehead atoms. The van der Waals surface area contributed by atoms with Gasteiger partial charge in [0.15, 0.2) is 0 Å². The van der Waals surface area contributed by atoms with Crippen LogP contribution in [0.15, 0.2) is 41.3 Å². The van der Waals surface area contributed by atoms with Gasteiger partial charge in [0.1, 0.15) is 11.5 Å². The van der Waals surface area contributed by atoms with Crippen LogP contribution in [0.4, 0.5) is 0 Å². The number of ether oxygens (including phenoxy) is 2. The Morgan fingerprint density at radius 1 is 1.04 bits per heavy atom. The Labute approximate surface area is 159 Å². The van der Waals surface area contributed by atoms with Crippen molar-refractivity contribution in [3.63, 3.8) is 0 Å². The molecule has 0 saturated carbocycles. The average Bonchev–Trinajstić information content (AvgIpc) is 3.12. The first kappa shape index (κ1) is 19.1. The van der Waals surface area contributed by atoms with Crippen LogP contribution in [0.2, 0.25) is 0 Å². The van der Waals surface area contributed by atoms with Crippen molar-refractivity contribution in [1.29, 1.82) is 0 Å². The van der Waals surface area contributed by atoms with Crippen LogP contribution < -0.4 is 9.47 Å². The molecule has 1 atom stereocenters. The Kier molecular flexibility index (Phi) is 5.50. The van der Waals surface area contributed by atoms with E-state index >= 15 is 0 Å². The Hall–Kier alpha value is -1.70. The zero-order valence-electron chi connectivity index (χ0n) is 15.4. The molecule has 0 aromatic heterocycles. The van der Waals surface area contributed by atoms with Crippen molar-refractivity contribution >= 4 is 21.8 Å². The summed E-state index contributed by atoms with van der Waals surface area (Å²) < 4.78 is 38.9. The number of methoxy groups -OCH3 is 2. The van der Waals surface area contributed by atoms with Crippen LogP contribution >= 0.6 is 11.8 Å². The lowest BCUT2D eigenvalue weighted by Gasteiger charge is -2.25. The summed E-state index contributed by atoms with van der Waals surface area (Å²) in [7, 11) is -0.460. The minimum absolute atomic E-state index is 0.238. The van der Waals surface area contributed by atoms with Gasteiger partial charge in [0.2, 0.25) is 10.0 Å². The Morgan fingerprint density at radius 2 is 1.73 bits per heavy atom. The van der Waals surface area contributed by atoms with Gasteiger partial charge in [0.05, 0.1) is 24.5 Å². The monoisotopic (exact) mass is 393 g/mol. The third-order valence-corrected chi connectivity index (χ3v) is 7.93. The molecule has 2 aromatic rings. The second kappa shape index (κ2) is 7.50. The molecule has 0 amide bonds. The molecule has 3 rings (SSSR count). The molecule has 1 saturated heterocycles. The topological polar surface area (TPSA) is 55.8 Å². The van der Waals surface area contributed by atoms with E-state index in [0.717, 1.165) is 28.2 Å². The number of benzene rings is 2. The van der Waals surface area contributed by atoms with E-state index in [2.05, 4.69) is 0 Å². The SMILES string of the molecule is COc1ccc([C@@H]2SCCN2S(=O)(=O)c2cc(OC)c(C)cc2C)cc1. The first-order chi connectivity index (χ1) is 12.4. The van der Waals surface area contributed by atoms with E-state index in [4.69, 9.17) is 9.47 Å². The highest BCUT2D eigenvalue weighted by Crippen LogP contribution is 2.42. The second-order valence-electron chi connectivity index (χ2n) is 6.20. The van der Waals surface area contributed by atoms with Crippen LogP contribution in [0.3, 0.4) is 0 Å². The Morgan fingerprint density at radius 3 is 2.35 bits per heavy atom. The van der Waals surface area contributed by atoms with E-state index in [9.17, 15) is 8.42 Å². The number of hydrogen-bond acceptors (Lipinski definition) is 5. The number of aryl methyl sites for hydroxylation is 2. The predicted octanol–water partition coefficient (Wildman–Crippen LogP) is 3.76. The van der Waals surface area contributed by atoms with E-state index < -0.39 is 10.0 Å². The Bertz CT molecular complexity index is 895. The number of sulfonamides is 1. The molecule has 0 unspecified atom stereocenters. The van der Waals surface area contributed by atoms with Gasteiger partial charge < -0.3 is 9.47 Å². The van der Waals surface area contributed by atoms with E-state index in [1.54, 1.807) is 36.4 Å². The molecule has 140 valence electrons. The fraction of sp³-hybridized carbons (Fsp3) is 0.368. The van der Waals surface area contributed by atoms with Crippen molar-refractivity contribution in [1.82, 2.24) is 4.31 Å². The molecule has 0 radical (unpaired) electrons. The maximum absolute atomic E-state index is 13.4. The zero-order valence-corrected chi connectivity index (χ0v) is 17.0. The lowest BCUT2D eigenvalue weighted by Crippen LogP contribution is -2.31. The van der Waals surface area contributed by atoms with Crippen molar-refractivity contribution in [3.05, 3.63) is 53.1 Å². The third-order valence-electron chi connectivity index (χ3n) is 4.53. The van der Waals surface area contributed by atoms with Crippen molar-refractivity contribution in [2.45, 2.75) is 24.1 Å². The molecular formula is C19H23NO4S2. The summed E-state index contributed by atoms with van der Waals surface area (Å²) >= 11 is 1.63. The fourth-order valence-corrected chi connectivity index (χ4v) is 6.63. The van der Waals surface area contributed by atoms with E-state index in [1.165, 1.54) is 0 Å². The molecule has 1 fully saturated rings. The van der Waals surface area contributed by atoms with Crippen molar-refractivity contribution in [2.75, 3.05) is 26.5 Å². The molecule has 5 nitrogen and oxygen atoms in total. The molecule has 1 aliphatic rings. The van der Waals surface area contributed by atoms with Gasteiger partial charge in [-0.1, -0.05) is 18.2 Å². The molecule has 1 aliphatic heterocycles. The minimum atomic E-state index is -3.63. The Balaban J connectivity index is 2.00. The fourth-order valence-electron chi connectivity index (χ4n) is 3.17. The highest BCUT2D eigenvalue weighted by Gasteiger charge is 2.37. The summed E-state index contributed by atoms with van der Waals surface area (Å²) in [4.78, 5) is 0.306. The van der Waals surface area contributed by atoms with E-state index in [1.807, 2.05) is 44.2 Å². The second-order valence-corrected chi connectivity index (χ2v) is 9.25. The lowest BCUT2D eigenvalue weighted by molar-refractivity contribution is 0.407. The normalized spacial score (nSPS) is 18.1. The van der Waals surface area contributed by atoms with Crippen LogP contribution in [0.5, 0.6) is 11.5 Å². The van der Waals surface area contributed by atoms with Crippen LogP contribution in [0.1, 0.15) is 22.1 Å². The van der Waals surface area contributed by atoms with Gasteiger partial charge in [0, 0.05) is 18.4 Å². The van der Waals surface area contributed by atoms with Crippen LogP contribution in [0.25, 0.3) is 0 Å². The summed E-state index contributed by atoms with van der Waals surface area (Å²) in [6.45, 7) is 4.22. The van der Waals surface area contributed by atoms with Gasteiger partial charge >= 0.3 is 0 Å². The van der Waals surface area contributed by atoms with Crippen LogP contribution in [-0.2, 0) is 10.0 Å². The summed E-state index contributed by atoms with van der Waals surface area (Å²) in [6, 6.07) is 11.1. The summed E-state index contributed by atoms with van der Waals surface area (Å²) in [6.07, 6.45) is 0. The maximum Gasteiger partial charge on any atom is 0.244 e. The molecular weight excluding hydrogens is 370 g/mol. The van der Waals surface area contributed by atoms with Crippen LogP contribution in [-0.4, -0.2) is 39.2 Å². The van der Waals surface area contributed by atoms with Gasteiger partial charge in [-0.05, 0) is 42.7 Å². The summed E-state index contributed by atoms with van der Waals surface area (Å²) in [5.41, 5.74) is 2.61. The van der Waals surface area contributed by atoms with Gasteiger partial charge in [0.25, 0.3) is 0 Å². The van der Waals surface area contributed by atoms with E-state index in [-0.39, 0.29) is 5.37 Å². The summed E-state index contributed by atoms with van der Waals surface area (Å²) in [5.74, 6) is 2.10. The molecule has 2 aromatic carbocycles. The molecule has 0 aliphatic carbocycles. The summed E-state index contributed by atoms with van der Waals surface area (Å²) in [5, 5.41) is -0.238. The quantitative estimate of drug-likeness (QED) is 0.774. The highest BCUT2D eigenvalue weighted by molar-refractivity contribution is 8.01. The smallest absolute Gasteiger partial charge is 0.244 e. The first-order valence-electron chi connectivity index (χ1n) is 8.31. The van der Waals surface area contributed by atoms with Gasteiger partial charge in [-0.2, -0.15) is 4.31 Å². The van der Waals surface area contributed by atoms with Crippen molar-refractivity contribution < 1.29 is 17.9 Å². The molecule has 26 heavy (non-hydrogen) atoms. The predicted molar refractivity (Wildman–Crippen MR) is 105 cm³/mol. The number of nitrogens with zero attached hydrogens (tertiary/aromatic N) is 1. The largest absolute Gasteiger partial charge is 0.497 e. The highest BCUT2D eigenvalue weighted by atomic mass is 32.2. The average molecular weight is 394 g/mol. The standard InChI is InChI=1S/C19H23NO4S2/c1-13-11-14(2)18(12-17(13)24-4)26(21,22)20-9-10-25-19(20)15-5-7-16(23-3)8-6-15/h5-8,11-12,19H,9-10H2,1-4H3/t19-/m0/s1. The van der Waals surface area contributed by atoms with Gasteiger partial charge in [-0.15, -0.1) is 11.8 Å². The number of rotatable bonds is 5. The van der Waals surface area contributed by atoms with Gasteiger partial charge in [-0.25, -0.2) is 8.42 Å². The van der Waals surface area contributed by atoms with Gasteiger partial charge in [-0.3, -0.25) is 0 Å². The molecule has 1 heterocycles. The van der Waals surface area contributed by atoms with Crippen LogP contribution in [0, 0.1) is 13.8 Å². The maximum atomic E-state index is 13.4. The van der Waals surface area contributed by atoms with E-state index in [0.29, 0.717) is 17.2 Å². The zero-order chi connectivity index (χ0) is 18.9. The van der Waals surface area contributed by atoms with Crippen molar-refractivity contribution in [2.24, 2.45) is 0 Å². The molecule has 0 N–H and O–H groups in total. The third kappa shape index (κ3) is 3.43. The number of hydrogen-bond donors (Lipinski definition) is 0. The molecule has 7 heteroatoms. The molecule has 0 spiro atoms. The minimum Gasteiger partial charge on any atom is -0.497 e. The number of thioether (sulfide) groups is 1. The lowest BCUT2D eigenvalue weighted by atomic mass is 10.1. The van der Waals surface area contributed by atoms with Crippen molar-refractivity contribution in [3.8, 4) is 11.5 Å².